The van der Waals surface area contributed by atoms with Crippen LogP contribution in [0.2, 0.25) is 5.02 Å². The zero-order chi connectivity index (χ0) is 19.8. The van der Waals surface area contributed by atoms with Crippen molar-refractivity contribution in [2.75, 3.05) is 7.11 Å². The predicted molar refractivity (Wildman–Crippen MR) is 106 cm³/mol. The second kappa shape index (κ2) is 7.35. The third kappa shape index (κ3) is 3.39. The summed E-state index contributed by atoms with van der Waals surface area (Å²) >= 11 is 5.94. The number of nitrogens with zero attached hydrogens (tertiary/aromatic N) is 4. The Kier molecular flexibility index (Phi) is 4.54. The van der Waals surface area contributed by atoms with Crippen LogP contribution in [0.4, 0.5) is 0 Å². The normalized spacial score (nSPS) is 15.9. The summed E-state index contributed by atoms with van der Waals surface area (Å²) in [5.74, 6) is 1.68. The van der Waals surface area contributed by atoms with Crippen LogP contribution >= 0.6 is 11.6 Å². The Labute approximate surface area is 171 Å². The standard InChI is InChI=1S/C21H17ClN4O3/c1-27-16-8-4-13(5-9-16)18-10-26-12-23-19(17(26)11-28-18)21-24-20(25-29-21)14-2-6-15(22)7-3-14/h2-9,12,18H,10-11H2,1H3/t18-/m0/s1. The number of benzene rings is 2. The van der Waals surface area contributed by atoms with E-state index in [1.54, 1.807) is 25.6 Å². The lowest BCUT2D eigenvalue weighted by Crippen LogP contribution is -2.20. The number of halogens is 1. The van der Waals surface area contributed by atoms with E-state index in [1.807, 2.05) is 36.4 Å². The van der Waals surface area contributed by atoms with Gasteiger partial charge in [-0.25, -0.2) is 4.98 Å². The highest BCUT2D eigenvalue weighted by Gasteiger charge is 2.26. The van der Waals surface area contributed by atoms with E-state index in [2.05, 4.69) is 19.7 Å². The molecule has 3 heterocycles. The van der Waals surface area contributed by atoms with E-state index in [9.17, 15) is 0 Å². The number of ether oxygens (including phenoxy) is 2. The van der Waals surface area contributed by atoms with Crippen LogP contribution in [0, 0.1) is 0 Å². The Morgan fingerprint density at radius 1 is 1.10 bits per heavy atom. The van der Waals surface area contributed by atoms with Gasteiger partial charge in [0.1, 0.15) is 11.9 Å². The molecule has 7 nitrogen and oxygen atoms in total. The molecule has 0 saturated carbocycles. The highest BCUT2D eigenvalue weighted by Crippen LogP contribution is 2.32. The highest BCUT2D eigenvalue weighted by atomic mass is 35.5. The first-order valence-electron chi connectivity index (χ1n) is 9.11. The summed E-state index contributed by atoms with van der Waals surface area (Å²) in [5, 5.41) is 4.73. The molecule has 0 spiro atoms. The number of rotatable bonds is 4. The van der Waals surface area contributed by atoms with Gasteiger partial charge in [0.05, 0.1) is 32.3 Å². The molecule has 29 heavy (non-hydrogen) atoms. The second-order valence-corrected chi connectivity index (χ2v) is 7.13. The van der Waals surface area contributed by atoms with E-state index < -0.39 is 0 Å². The van der Waals surface area contributed by atoms with Crippen LogP contribution in [0.3, 0.4) is 0 Å². The number of fused-ring (bicyclic) bond motifs is 1. The van der Waals surface area contributed by atoms with Crippen molar-refractivity contribution >= 4 is 11.6 Å². The van der Waals surface area contributed by atoms with E-state index in [0.717, 1.165) is 22.6 Å². The van der Waals surface area contributed by atoms with Gasteiger partial charge in [-0.2, -0.15) is 4.98 Å². The van der Waals surface area contributed by atoms with Gasteiger partial charge in [0.25, 0.3) is 5.89 Å². The van der Waals surface area contributed by atoms with Gasteiger partial charge in [-0.3, -0.25) is 0 Å². The van der Waals surface area contributed by atoms with Crippen LogP contribution in [-0.4, -0.2) is 26.8 Å². The lowest BCUT2D eigenvalue weighted by Gasteiger charge is -2.25. The van der Waals surface area contributed by atoms with E-state index >= 15 is 0 Å². The third-order valence-corrected chi connectivity index (χ3v) is 5.20. The molecule has 0 amide bonds. The fraction of sp³-hybridized carbons (Fsp3) is 0.190. The quantitative estimate of drug-likeness (QED) is 0.493. The summed E-state index contributed by atoms with van der Waals surface area (Å²) in [6, 6.07) is 15.2. The molecule has 4 aromatic rings. The second-order valence-electron chi connectivity index (χ2n) is 6.70. The number of imidazole rings is 1. The van der Waals surface area contributed by atoms with Gasteiger partial charge in [-0.05, 0) is 42.0 Å². The molecule has 1 aliphatic rings. The summed E-state index contributed by atoms with van der Waals surface area (Å²) in [6.45, 7) is 1.07. The minimum absolute atomic E-state index is 0.0530. The van der Waals surface area contributed by atoms with Crippen molar-refractivity contribution < 1.29 is 14.0 Å². The van der Waals surface area contributed by atoms with E-state index in [-0.39, 0.29) is 6.10 Å². The Hall–Kier alpha value is -3.16. The average Bonchev–Trinajstić information content (AvgIpc) is 3.41. The minimum Gasteiger partial charge on any atom is -0.497 e. The van der Waals surface area contributed by atoms with Crippen molar-refractivity contribution in [3.63, 3.8) is 0 Å². The Morgan fingerprint density at radius 2 is 1.90 bits per heavy atom. The zero-order valence-corrected chi connectivity index (χ0v) is 16.3. The smallest absolute Gasteiger partial charge is 0.278 e. The molecule has 0 radical (unpaired) electrons. The maximum Gasteiger partial charge on any atom is 0.278 e. The number of hydrogen-bond acceptors (Lipinski definition) is 6. The summed E-state index contributed by atoms with van der Waals surface area (Å²) in [4.78, 5) is 8.98. The van der Waals surface area contributed by atoms with Gasteiger partial charge >= 0.3 is 0 Å². The lowest BCUT2D eigenvalue weighted by molar-refractivity contribution is 0.00328. The first-order valence-corrected chi connectivity index (χ1v) is 9.48. The van der Waals surface area contributed by atoms with E-state index in [1.165, 1.54) is 0 Å². The van der Waals surface area contributed by atoms with E-state index in [4.69, 9.17) is 25.6 Å². The summed E-state index contributed by atoms with van der Waals surface area (Å²) in [7, 11) is 1.65. The predicted octanol–water partition coefficient (Wildman–Crippen LogP) is 4.53. The van der Waals surface area contributed by atoms with Crippen LogP contribution < -0.4 is 4.74 Å². The number of hydrogen-bond donors (Lipinski definition) is 0. The molecule has 0 unspecified atom stereocenters. The van der Waals surface area contributed by atoms with Crippen LogP contribution in [-0.2, 0) is 17.9 Å². The first-order chi connectivity index (χ1) is 14.2. The van der Waals surface area contributed by atoms with Gasteiger partial charge in [0, 0.05) is 10.6 Å². The fourth-order valence-electron chi connectivity index (χ4n) is 3.36. The van der Waals surface area contributed by atoms with Crippen molar-refractivity contribution in [2.45, 2.75) is 19.3 Å². The Balaban J connectivity index is 1.38. The Bertz CT molecular complexity index is 1140. The molecule has 2 aromatic carbocycles. The average molecular weight is 409 g/mol. The molecule has 146 valence electrons. The van der Waals surface area contributed by atoms with Crippen molar-refractivity contribution in [3.05, 3.63) is 71.1 Å². The first kappa shape index (κ1) is 17.9. The molecule has 8 heteroatoms. The molecule has 0 bridgehead atoms. The maximum atomic E-state index is 6.08. The minimum atomic E-state index is -0.0530. The van der Waals surface area contributed by atoms with E-state index in [0.29, 0.717) is 35.6 Å². The summed E-state index contributed by atoms with van der Waals surface area (Å²) < 4.78 is 18.8. The van der Waals surface area contributed by atoms with Gasteiger partial charge in [-0.1, -0.05) is 28.9 Å². The van der Waals surface area contributed by atoms with Crippen molar-refractivity contribution in [1.29, 1.82) is 0 Å². The SMILES string of the molecule is COc1ccc([C@@H]2Cn3cnc(-c4nc(-c5ccc(Cl)cc5)no4)c3CO2)cc1. The fourth-order valence-corrected chi connectivity index (χ4v) is 3.49. The monoisotopic (exact) mass is 408 g/mol. The van der Waals surface area contributed by atoms with Crippen molar-refractivity contribution in [2.24, 2.45) is 0 Å². The van der Waals surface area contributed by atoms with Gasteiger partial charge in [-0.15, -0.1) is 0 Å². The number of aromatic nitrogens is 4. The molecule has 0 N–H and O–H groups in total. The maximum absolute atomic E-state index is 6.08. The van der Waals surface area contributed by atoms with Crippen LogP contribution in [0.25, 0.3) is 23.0 Å². The van der Waals surface area contributed by atoms with Gasteiger partial charge < -0.3 is 18.6 Å². The van der Waals surface area contributed by atoms with Gasteiger partial charge in [0.2, 0.25) is 5.82 Å². The molecule has 2 aromatic heterocycles. The van der Waals surface area contributed by atoms with Crippen LogP contribution in [0.15, 0.2) is 59.4 Å². The summed E-state index contributed by atoms with van der Waals surface area (Å²) in [6.07, 6.45) is 1.73. The molecule has 0 fully saturated rings. The van der Waals surface area contributed by atoms with Crippen molar-refractivity contribution in [1.82, 2.24) is 19.7 Å². The highest BCUT2D eigenvalue weighted by molar-refractivity contribution is 6.30. The lowest BCUT2D eigenvalue weighted by atomic mass is 10.1. The molecule has 1 aliphatic heterocycles. The molecule has 1 atom stereocenters. The van der Waals surface area contributed by atoms with Crippen molar-refractivity contribution in [3.8, 4) is 28.7 Å². The molecular formula is C21H17ClN4O3. The summed E-state index contributed by atoms with van der Waals surface area (Å²) in [5.41, 5.74) is 3.48. The zero-order valence-electron chi connectivity index (χ0n) is 15.6. The molecule has 5 rings (SSSR count). The van der Waals surface area contributed by atoms with Gasteiger partial charge in [0.15, 0.2) is 5.69 Å². The van der Waals surface area contributed by atoms with Crippen LogP contribution in [0.5, 0.6) is 5.75 Å². The topological polar surface area (TPSA) is 75.2 Å². The molecule has 0 aliphatic carbocycles. The number of methoxy groups -OCH3 is 1. The molecular weight excluding hydrogens is 392 g/mol. The van der Waals surface area contributed by atoms with Crippen LogP contribution in [0.1, 0.15) is 17.4 Å². The Morgan fingerprint density at radius 3 is 2.66 bits per heavy atom. The largest absolute Gasteiger partial charge is 0.497 e. The molecule has 0 saturated heterocycles. The third-order valence-electron chi connectivity index (χ3n) is 4.95.